The second kappa shape index (κ2) is 6.04. The molecule has 0 saturated carbocycles. The third-order valence-electron chi connectivity index (χ3n) is 3.57. The first-order chi connectivity index (χ1) is 9.11. The van der Waals surface area contributed by atoms with Crippen molar-refractivity contribution in [2.24, 2.45) is 5.73 Å². The molecule has 1 atom stereocenters. The zero-order valence-corrected chi connectivity index (χ0v) is 11.9. The van der Waals surface area contributed by atoms with E-state index in [4.69, 9.17) is 10.2 Å². The van der Waals surface area contributed by atoms with Crippen molar-refractivity contribution in [1.29, 1.82) is 0 Å². The predicted octanol–water partition coefficient (Wildman–Crippen LogP) is 3.03. The lowest BCUT2D eigenvalue weighted by atomic mass is 10.0. The first kappa shape index (κ1) is 13.8. The largest absolute Gasteiger partial charge is 0.469 e. The Balaban J connectivity index is 2.15. The fourth-order valence-electron chi connectivity index (χ4n) is 2.40. The molecule has 0 amide bonds. The summed E-state index contributed by atoms with van der Waals surface area (Å²) in [5.41, 5.74) is 9.71. The maximum absolute atomic E-state index is 5.96. The number of rotatable bonds is 5. The summed E-state index contributed by atoms with van der Waals surface area (Å²) in [4.78, 5) is 2.27. The van der Waals surface area contributed by atoms with E-state index >= 15 is 0 Å². The van der Waals surface area contributed by atoms with Crippen LogP contribution in [0.15, 0.2) is 41.0 Å². The van der Waals surface area contributed by atoms with Crippen molar-refractivity contribution in [3.8, 4) is 0 Å². The monoisotopic (exact) mass is 258 g/mol. The smallest absolute Gasteiger partial charge is 0.105 e. The maximum atomic E-state index is 5.96. The van der Waals surface area contributed by atoms with Gasteiger partial charge in [-0.15, -0.1) is 0 Å². The number of nitrogens with zero attached hydrogens (tertiary/aromatic N) is 1. The predicted molar refractivity (Wildman–Crippen MR) is 77.9 cm³/mol. The lowest BCUT2D eigenvalue weighted by molar-refractivity contribution is 0.240. The van der Waals surface area contributed by atoms with Crippen LogP contribution in [0.1, 0.15) is 28.5 Å². The molecule has 2 N–H and O–H groups in total. The van der Waals surface area contributed by atoms with Gasteiger partial charge in [0, 0.05) is 24.7 Å². The summed E-state index contributed by atoms with van der Waals surface area (Å²) >= 11 is 0. The number of nitrogens with two attached hydrogens (primary N) is 1. The van der Waals surface area contributed by atoms with Crippen molar-refractivity contribution in [1.82, 2.24) is 4.90 Å². The maximum Gasteiger partial charge on any atom is 0.105 e. The molecule has 1 heterocycles. The average molecular weight is 258 g/mol. The van der Waals surface area contributed by atoms with Crippen molar-refractivity contribution >= 4 is 0 Å². The number of likely N-dealkylation sites (N-methyl/N-ethyl adjacent to an activating group) is 1. The third-order valence-corrected chi connectivity index (χ3v) is 3.57. The van der Waals surface area contributed by atoms with Gasteiger partial charge in [-0.05, 0) is 32.5 Å². The first-order valence-electron chi connectivity index (χ1n) is 6.61. The van der Waals surface area contributed by atoms with Crippen molar-refractivity contribution in [3.63, 3.8) is 0 Å². The van der Waals surface area contributed by atoms with Gasteiger partial charge < -0.3 is 10.2 Å². The Kier molecular flexibility index (Phi) is 4.40. The van der Waals surface area contributed by atoms with Gasteiger partial charge in [0.2, 0.25) is 0 Å². The Hall–Kier alpha value is -1.58. The molecule has 0 bridgehead atoms. The molecule has 0 radical (unpaired) electrons. The zero-order chi connectivity index (χ0) is 13.8. The first-order valence-corrected chi connectivity index (χ1v) is 6.61. The highest BCUT2D eigenvalue weighted by Crippen LogP contribution is 2.22. The van der Waals surface area contributed by atoms with Crippen LogP contribution in [0, 0.1) is 13.8 Å². The molecule has 19 heavy (non-hydrogen) atoms. The molecule has 0 aliphatic carbocycles. The van der Waals surface area contributed by atoms with Crippen molar-refractivity contribution in [3.05, 3.63) is 59.0 Å². The number of benzene rings is 1. The molecule has 3 heteroatoms. The molecule has 102 valence electrons. The molecule has 2 rings (SSSR count). The van der Waals surface area contributed by atoms with E-state index < -0.39 is 0 Å². The van der Waals surface area contributed by atoms with E-state index in [2.05, 4.69) is 43.1 Å². The number of aryl methyl sites for hydroxylation is 2. The quantitative estimate of drug-likeness (QED) is 0.896. The Morgan fingerprint density at radius 3 is 2.63 bits per heavy atom. The van der Waals surface area contributed by atoms with E-state index in [9.17, 15) is 0 Å². The van der Waals surface area contributed by atoms with Gasteiger partial charge in [-0.2, -0.15) is 0 Å². The highest BCUT2D eigenvalue weighted by Gasteiger charge is 2.17. The van der Waals surface area contributed by atoms with E-state index in [-0.39, 0.29) is 6.04 Å². The van der Waals surface area contributed by atoms with Gasteiger partial charge in [-0.3, -0.25) is 4.90 Å². The minimum Gasteiger partial charge on any atom is -0.469 e. The lowest BCUT2D eigenvalue weighted by Gasteiger charge is -2.27. The summed E-state index contributed by atoms with van der Waals surface area (Å²) in [6.45, 7) is 5.56. The summed E-state index contributed by atoms with van der Waals surface area (Å²) in [6, 6.07) is 10.8. The van der Waals surface area contributed by atoms with Crippen LogP contribution in [0.25, 0.3) is 0 Å². The molecule has 1 unspecified atom stereocenters. The molecule has 1 aromatic heterocycles. The Bertz CT molecular complexity index is 533. The van der Waals surface area contributed by atoms with Crippen LogP contribution in [0.4, 0.5) is 0 Å². The molecule has 1 aromatic carbocycles. The topological polar surface area (TPSA) is 42.4 Å². The molecule has 0 aliphatic rings. The summed E-state index contributed by atoms with van der Waals surface area (Å²) in [5, 5.41) is 0. The van der Waals surface area contributed by atoms with Gasteiger partial charge in [-0.1, -0.05) is 29.8 Å². The summed E-state index contributed by atoms with van der Waals surface area (Å²) < 4.78 is 5.35. The van der Waals surface area contributed by atoms with Crippen LogP contribution in [-0.4, -0.2) is 18.5 Å². The van der Waals surface area contributed by atoms with Crippen molar-refractivity contribution < 1.29 is 4.42 Å². The molecular formula is C16H22N2O. The van der Waals surface area contributed by atoms with Gasteiger partial charge in [0.25, 0.3) is 0 Å². The molecule has 0 fully saturated rings. The van der Waals surface area contributed by atoms with Gasteiger partial charge in [-0.25, -0.2) is 0 Å². The Morgan fingerprint density at radius 2 is 2.05 bits per heavy atom. The third kappa shape index (κ3) is 3.25. The highest BCUT2D eigenvalue weighted by atomic mass is 16.3. The molecule has 0 aliphatic heterocycles. The van der Waals surface area contributed by atoms with E-state index in [1.54, 1.807) is 6.26 Å². The summed E-state index contributed by atoms with van der Waals surface area (Å²) in [5.74, 6) is 0.979. The molecule has 2 aromatic rings. The summed E-state index contributed by atoms with van der Waals surface area (Å²) in [6.07, 6.45) is 1.74. The minimum atomic E-state index is 0.231. The molecular weight excluding hydrogens is 236 g/mol. The van der Waals surface area contributed by atoms with Crippen molar-refractivity contribution in [2.45, 2.75) is 26.4 Å². The van der Waals surface area contributed by atoms with Gasteiger partial charge >= 0.3 is 0 Å². The van der Waals surface area contributed by atoms with Crippen LogP contribution in [0.2, 0.25) is 0 Å². The molecule has 3 nitrogen and oxygen atoms in total. The standard InChI is InChI=1S/C16H22N2O/c1-12-5-4-6-14(9-12)16(10-17)18(3)11-15-7-8-19-13(15)2/h4-9,16H,10-11,17H2,1-3H3. The van der Waals surface area contributed by atoms with Crippen LogP contribution in [0.5, 0.6) is 0 Å². The second-order valence-electron chi connectivity index (χ2n) is 5.08. The van der Waals surface area contributed by atoms with Gasteiger partial charge in [0.15, 0.2) is 0 Å². The van der Waals surface area contributed by atoms with Crippen molar-refractivity contribution in [2.75, 3.05) is 13.6 Å². The van der Waals surface area contributed by atoms with E-state index in [0.29, 0.717) is 6.54 Å². The molecule has 0 saturated heterocycles. The van der Waals surface area contributed by atoms with E-state index in [0.717, 1.165) is 12.3 Å². The summed E-state index contributed by atoms with van der Waals surface area (Å²) in [7, 11) is 2.10. The van der Waals surface area contributed by atoms with E-state index in [1.165, 1.54) is 16.7 Å². The van der Waals surface area contributed by atoms with E-state index in [1.807, 2.05) is 13.0 Å². The molecule has 0 spiro atoms. The van der Waals surface area contributed by atoms with Crippen LogP contribution in [0.3, 0.4) is 0 Å². The SMILES string of the molecule is Cc1cccc(C(CN)N(C)Cc2ccoc2C)c1. The second-order valence-corrected chi connectivity index (χ2v) is 5.08. The number of furan rings is 1. The fraction of sp³-hybridized carbons (Fsp3) is 0.375. The van der Waals surface area contributed by atoms with Crippen LogP contribution in [-0.2, 0) is 6.54 Å². The normalized spacial score (nSPS) is 12.9. The average Bonchev–Trinajstić information content (AvgIpc) is 2.76. The zero-order valence-electron chi connectivity index (χ0n) is 11.9. The van der Waals surface area contributed by atoms with Gasteiger partial charge in [0.1, 0.15) is 5.76 Å². The van der Waals surface area contributed by atoms with Crippen LogP contribution < -0.4 is 5.73 Å². The minimum absolute atomic E-state index is 0.231. The Labute approximate surface area is 115 Å². The van der Waals surface area contributed by atoms with Gasteiger partial charge in [0.05, 0.1) is 6.26 Å². The highest BCUT2D eigenvalue weighted by molar-refractivity contribution is 5.26. The number of hydrogen-bond donors (Lipinski definition) is 1. The van der Waals surface area contributed by atoms with Crippen LogP contribution >= 0.6 is 0 Å². The Morgan fingerprint density at radius 1 is 1.26 bits per heavy atom. The number of hydrogen-bond acceptors (Lipinski definition) is 3. The lowest BCUT2D eigenvalue weighted by Crippen LogP contribution is -2.30. The fourth-order valence-corrected chi connectivity index (χ4v) is 2.40.